The molecule has 1 aliphatic rings. The summed E-state index contributed by atoms with van der Waals surface area (Å²) in [5.41, 5.74) is 2.01. The van der Waals surface area contributed by atoms with Crippen LogP contribution in [-0.4, -0.2) is 25.2 Å². The summed E-state index contributed by atoms with van der Waals surface area (Å²) >= 11 is 0. The third-order valence-corrected chi connectivity index (χ3v) is 3.39. The minimum Gasteiger partial charge on any atom is -0.368 e. The fourth-order valence-corrected chi connectivity index (χ4v) is 2.32. The molecule has 1 saturated heterocycles. The molecule has 2 N–H and O–H groups in total. The molecule has 1 heterocycles. The molecular weight excluding hydrogens is 240 g/mol. The summed E-state index contributed by atoms with van der Waals surface area (Å²) in [7, 11) is 0. The van der Waals surface area contributed by atoms with Crippen LogP contribution in [0, 0.1) is 0 Å². The molecule has 2 rings (SSSR count). The highest BCUT2D eigenvalue weighted by atomic mass is 16.5. The van der Waals surface area contributed by atoms with Crippen molar-refractivity contribution in [1.82, 2.24) is 5.32 Å². The van der Waals surface area contributed by atoms with Crippen LogP contribution in [0.25, 0.3) is 0 Å². The lowest BCUT2D eigenvalue weighted by atomic mass is 10.1. The molecule has 0 radical (unpaired) electrons. The predicted octanol–water partition coefficient (Wildman–Crippen LogP) is 2.47. The van der Waals surface area contributed by atoms with Crippen LogP contribution >= 0.6 is 0 Å². The van der Waals surface area contributed by atoms with Crippen molar-refractivity contribution in [3.8, 4) is 0 Å². The molecule has 4 nitrogen and oxygen atoms in total. The molecule has 1 fully saturated rings. The third kappa shape index (κ3) is 3.78. The minimum absolute atomic E-state index is 0.0363. The van der Waals surface area contributed by atoms with Crippen LogP contribution in [0.2, 0.25) is 0 Å². The quantitative estimate of drug-likeness (QED) is 0.857. The van der Waals surface area contributed by atoms with Gasteiger partial charge < -0.3 is 15.4 Å². The normalized spacial score (nSPS) is 20.2. The Hall–Kier alpha value is -1.39. The Morgan fingerprint density at radius 1 is 1.53 bits per heavy atom. The summed E-state index contributed by atoms with van der Waals surface area (Å²) in [4.78, 5) is 12.0. The molecule has 1 amide bonds. The van der Waals surface area contributed by atoms with Crippen molar-refractivity contribution in [3.63, 3.8) is 0 Å². The third-order valence-electron chi connectivity index (χ3n) is 3.39. The van der Waals surface area contributed by atoms with Gasteiger partial charge in [0.15, 0.2) is 0 Å². The molecule has 0 spiro atoms. The van der Waals surface area contributed by atoms with Gasteiger partial charge in [-0.05, 0) is 44.0 Å². The number of hydrogen-bond donors (Lipinski definition) is 2. The Labute approximate surface area is 114 Å². The van der Waals surface area contributed by atoms with Gasteiger partial charge in [-0.15, -0.1) is 0 Å². The van der Waals surface area contributed by atoms with Crippen LogP contribution in [-0.2, 0) is 9.53 Å². The first-order valence-electron chi connectivity index (χ1n) is 6.96. The highest BCUT2D eigenvalue weighted by Crippen LogP contribution is 2.19. The second-order valence-corrected chi connectivity index (χ2v) is 4.90. The first-order chi connectivity index (χ1) is 9.20. The van der Waals surface area contributed by atoms with Gasteiger partial charge in [-0.3, -0.25) is 4.79 Å². The molecule has 1 aliphatic heterocycles. The molecule has 0 aliphatic carbocycles. The maximum absolute atomic E-state index is 12.0. The number of ether oxygens (including phenoxy) is 1. The lowest BCUT2D eigenvalue weighted by Crippen LogP contribution is -2.27. The van der Waals surface area contributed by atoms with Crippen molar-refractivity contribution in [2.45, 2.75) is 38.8 Å². The number of benzene rings is 1. The molecule has 1 aromatic rings. The fraction of sp³-hybridized carbons (Fsp3) is 0.533. The van der Waals surface area contributed by atoms with E-state index in [0.717, 1.165) is 25.1 Å². The molecule has 0 saturated carbocycles. The Kier molecular flexibility index (Phi) is 4.93. The van der Waals surface area contributed by atoms with Gasteiger partial charge in [-0.25, -0.2) is 0 Å². The monoisotopic (exact) mass is 262 g/mol. The predicted molar refractivity (Wildman–Crippen MR) is 76.1 cm³/mol. The zero-order valence-electron chi connectivity index (χ0n) is 11.6. The number of nitrogens with one attached hydrogen (secondary N) is 2. The van der Waals surface area contributed by atoms with Crippen molar-refractivity contribution < 1.29 is 9.53 Å². The molecule has 2 atom stereocenters. The van der Waals surface area contributed by atoms with E-state index in [-0.39, 0.29) is 18.1 Å². The molecular formula is C15H22N2O2. The minimum atomic E-state index is -0.283. The van der Waals surface area contributed by atoms with Gasteiger partial charge in [-0.1, -0.05) is 19.1 Å². The zero-order valence-corrected chi connectivity index (χ0v) is 11.6. The van der Waals surface area contributed by atoms with Gasteiger partial charge in [0, 0.05) is 18.3 Å². The number of carbonyl (C=O) groups is 1. The first kappa shape index (κ1) is 14.0. The van der Waals surface area contributed by atoms with E-state index in [0.29, 0.717) is 6.61 Å². The van der Waals surface area contributed by atoms with Crippen LogP contribution in [0.3, 0.4) is 0 Å². The van der Waals surface area contributed by atoms with Crippen molar-refractivity contribution >= 4 is 11.6 Å². The van der Waals surface area contributed by atoms with Crippen LogP contribution in [0.5, 0.6) is 0 Å². The first-order valence-corrected chi connectivity index (χ1v) is 6.96. The lowest BCUT2D eigenvalue weighted by molar-refractivity contribution is -0.124. The van der Waals surface area contributed by atoms with E-state index >= 15 is 0 Å². The van der Waals surface area contributed by atoms with Crippen LogP contribution in [0.15, 0.2) is 24.3 Å². The highest BCUT2D eigenvalue weighted by molar-refractivity contribution is 5.94. The van der Waals surface area contributed by atoms with E-state index in [2.05, 4.69) is 30.5 Å². The maximum atomic E-state index is 12.0. The van der Waals surface area contributed by atoms with Gasteiger partial charge in [0.05, 0.1) is 0 Å². The van der Waals surface area contributed by atoms with Crippen LogP contribution < -0.4 is 10.6 Å². The molecule has 4 heteroatoms. The van der Waals surface area contributed by atoms with Crippen LogP contribution in [0.1, 0.15) is 38.3 Å². The zero-order chi connectivity index (χ0) is 13.7. The summed E-state index contributed by atoms with van der Waals surface area (Å²) < 4.78 is 5.38. The van der Waals surface area contributed by atoms with E-state index in [1.54, 1.807) is 0 Å². The van der Waals surface area contributed by atoms with E-state index < -0.39 is 0 Å². The summed E-state index contributed by atoms with van der Waals surface area (Å²) in [5.74, 6) is -0.0363. The van der Waals surface area contributed by atoms with E-state index in [1.165, 1.54) is 5.56 Å². The molecule has 0 bridgehead atoms. The number of amides is 1. The summed E-state index contributed by atoms with van der Waals surface area (Å²) in [6, 6.07) is 8.24. The average molecular weight is 262 g/mol. The molecule has 2 unspecified atom stereocenters. The van der Waals surface area contributed by atoms with E-state index in [4.69, 9.17) is 4.74 Å². The smallest absolute Gasteiger partial charge is 0.253 e. The molecule has 104 valence electrons. The van der Waals surface area contributed by atoms with Gasteiger partial charge in [-0.2, -0.15) is 0 Å². The number of carbonyl (C=O) groups excluding carboxylic acids is 1. The maximum Gasteiger partial charge on any atom is 0.253 e. The van der Waals surface area contributed by atoms with Gasteiger partial charge >= 0.3 is 0 Å². The van der Waals surface area contributed by atoms with Gasteiger partial charge in [0.25, 0.3) is 5.91 Å². The summed E-state index contributed by atoms with van der Waals surface area (Å²) in [6.45, 7) is 5.81. The van der Waals surface area contributed by atoms with E-state index in [9.17, 15) is 4.79 Å². The fourth-order valence-electron chi connectivity index (χ4n) is 2.32. The van der Waals surface area contributed by atoms with Gasteiger partial charge in [0.1, 0.15) is 6.10 Å². The standard InChI is InChI=1S/C15H22N2O2/c1-3-16-11(2)12-6-4-7-13(10-12)17-15(18)14-8-5-9-19-14/h4,6-7,10-11,14,16H,3,5,8-9H2,1-2H3,(H,17,18). The van der Waals surface area contributed by atoms with Crippen molar-refractivity contribution in [1.29, 1.82) is 0 Å². The Balaban J connectivity index is 2.00. The number of anilines is 1. The van der Waals surface area contributed by atoms with E-state index in [1.807, 2.05) is 18.2 Å². The Morgan fingerprint density at radius 2 is 2.37 bits per heavy atom. The number of hydrogen-bond acceptors (Lipinski definition) is 3. The summed E-state index contributed by atoms with van der Waals surface area (Å²) in [6.07, 6.45) is 1.50. The SMILES string of the molecule is CCNC(C)c1cccc(NC(=O)C2CCCO2)c1. The van der Waals surface area contributed by atoms with Crippen molar-refractivity contribution in [2.75, 3.05) is 18.5 Å². The van der Waals surface area contributed by atoms with Crippen molar-refractivity contribution in [2.24, 2.45) is 0 Å². The summed E-state index contributed by atoms with van der Waals surface area (Å²) in [5, 5.41) is 6.29. The second kappa shape index (κ2) is 6.68. The van der Waals surface area contributed by atoms with Gasteiger partial charge in [0.2, 0.25) is 0 Å². The topological polar surface area (TPSA) is 50.4 Å². The Bertz CT molecular complexity index is 428. The second-order valence-electron chi connectivity index (χ2n) is 4.90. The molecule has 0 aromatic heterocycles. The highest BCUT2D eigenvalue weighted by Gasteiger charge is 2.23. The Morgan fingerprint density at radius 3 is 3.05 bits per heavy atom. The average Bonchev–Trinajstić information content (AvgIpc) is 2.93. The lowest BCUT2D eigenvalue weighted by Gasteiger charge is -2.15. The van der Waals surface area contributed by atoms with Crippen molar-refractivity contribution in [3.05, 3.63) is 29.8 Å². The number of rotatable bonds is 5. The van der Waals surface area contributed by atoms with Crippen LogP contribution in [0.4, 0.5) is 5.69 Å². The largest absolute Gasteiger partial charge is 0.368 e. The molecule has 19 heavy (non-hydrogen) atoms. The molecule has 1 aromatic carbocycles.